The minimum atomic E-state index is -0.929. The molecule has 0 aliphatic heterocycles. The Kier molecular flexibility index (Phi) is 3.77. The molecule has 108 valence electrons. The van der Waals surface area contributed by atoms with E-state index in [1.807, 2.05) is 0 Å². The van der Waals surface area contributed by atoms with E-state index >= 15 is 0 Å². The van der Waals surface area contributed by atoms with Crippen LogP contribution in [0.5, 0.6) is 5.75 Å². The lowest BCUT2D eigenvalue weighted by Crippen LogP contribution is -2.17. The smallest absolute Gasteiger partial charge is 0.307 e. The Bertz CT molecular complexity index is 570. The fourth-order valence-corrected chi connectivity index (χ4v) is 3.03. The van der Waals surface area contributed by atoms with Crippen molar-refractivity contribution in [3.05, 3.63) is 22.7 Å². The molecule has 0 spiro atoms. The van der Waals surface area contributed by atoms with Crippen LogP contribution in [0.1, 0.15) is 13.8 Å². The number of carboxylic acid groups (broad SMARTS) is 1. The molecule has 2 atom stereocenters. The lowest BCUT2D eigenvalue weighted by atomic mass is 10.1. The van der Waals surface area contributed by atoms with Gasteiger partial charge >= 0.3 is 5.97 Å². The van der Waals surface area contributed by atoms with Crippen LogP contribution >= 0.6 is 15.9 Å². The second kappa shape index (κ2) is 5.09. The number of anilines is 1. The molecule has 2 rings (SSSR count). The summed E-state index contributed by atoms with van der Waals surface area (Å²) < 4.78 is 5.89. The highest BCUT2D eigenvalue weighted by molar-refractivity contribution is 9.10. The van der Waals surface area contributed by atoms with Crippen molar-refractivity contribution in [2.75, 3.05) is 12.4 Å². The maximum atomic E-state index is 12.2. The number of hydrogen-bond donors (Lipinski definition) is 2. The van der Waals surface area contributed by atoms with Crippen LogP contribution in [0, 0.1) is 17.3 Å². The van der Waals surface area contributed by atoms with E-state index in [1.54, 1.807) is 32.0 Å². The standard InChI is InChI=1S/C14H16BrNO4/c1-14(2)10(11(14)13(18)19)12(17)16-8-4-7(15)5-9(6-8)20-3/h4-6,10-11H,1-3H3,(H,16,17)(H,18,19). The summed E-state index contributed by atoms with van der Waals surface area (Å²) in [4.78, 5) is 23.3. The van der Waals surface area contributed by atoms with Crippen molar-refractivity contribution < 1.29 is 19.4 Å². The summed E-state index contributed by atoms with van der Waals surface area (Å²) in [6.45, 7) is 3.58. The van der Waals surface area contributed by atoms with Crippen LogP contribution in [0.4, 0.5) is 5.69 Å². The first kappa shape index (κ1) is 14.8. The van der Waals surface area contributed by atoms with Crippen molar-refractivity contribution in [2.24, 2.45) is 17.3 Å². The Labute approximate surface area is 125 Å². The van der Waals surface area contributed by atoms with E-state index in [-0.39, 0.29) is 5.91 Å². The number of benzene rings is 1. The Morgan fingerprint density at radius 3 is 2.45 bits per heavy atom. The quantitative estimate of drug-likeness (QED) is 0.882. The SMILES string of the molecule is COc1cc(Br)cc(NC(=O)C2C(C(=O)O)C2(C)C)c1. The number of halogens is 1. The van der Waals surface area contributed by atoms with E-state index in [0.717, 1.165) is 4.47 Å². The molecule has 1 saturated carbocycles. The summed E-state index contributed by atoms with van der Waals surface area (Å²) >= 11 is 3.33. The van der Waals surface area contributed by atoms with Gasteiger partial charge in [-0.25, -0.2) is 0 Å². The Morgan fingerprint density at radius 2 is 1.95 bits per heavy atom. The molecule has 1 aromatic carbocycles. The van der Waals surface area contributed by atoms with Gasteiger partial charge in [0.2, 0.25) is 5.91 Å². The van der Waals surface area contributed by atoms with E-state index < -0.39 is 23.2 Å². The molecule has 0 aromatic heterocycles. The minimum Gasteiger partial charge on any atom is -0.497 e. The molecular formula is C14H16BrNO4. The maximum Gasteiger partial charge on any atom is 0.307 e. The van der Waals surface area contributed by atoms with Gasteiger partial charge in [0.05, 0.1) is 18.9 Å². The molecule has 0 bridgehead atoms. The number of ether oxygens (including phenoxy) is 1. The molecule has 0 saturated heterocycles. The Morgan fingerprint density at radius 1 is 1.30 bits per heavy atom. The third kappa shape index (κ3) is 2.65. The van der Waals surface area contributed by atoms with Crippen LogP contribution in [0.3, 0.4) is 0 Å². The number of carboxylic acids is 1. The van der Waals surface area contributed by atoms with Crippen LogP contribution in [0.15, 0.2) is 22.7 Å². The largest absolute Gasteiger partial charge is 0.497 e. The van der Waals surface area contributed by atoms with E-state index in [1.165, 1.54) is 7.11 Å². The van der Waals surface area contributed by atoms with Gasteiger partial charge in [-0.1, -0.05) is 29.8 Å². The zero-order valence-electron chi connectivity index (χ0n) is 11.4. The summed E-state index contributed by atoms with van der Waals surface area (Å²) in [5.41, 5.74) is 0.0690. The first-order valence-electron chi connectivity index (χ1n) is 6.15. The summed E-state index contributed by atoms with van der Waals surface area (Å²) in [5, 5.41) is 11.8. The highest BCUT2D eigenvalue weighted by Crippen LogP contribution is 2.58. The summed E-state index contributed by atoms with van der Waals surface area (Å²) in [5.74, 6) is -1.73. The molecule has 1 amide bonds. The van der Waals surface area contributed by atoms with Crippen LogP contribution < -0.4 is 10.1 Å². The molecule has 20 heavy (non-hydrogen) atoms. The average Bonchev–Trinajstić information content (AvgIpc) is 2.91. The lowest BCUT2D eigenvalue weighted by molar-refractivity contribution is -0.140. The molecule has 0 radical (unpaired) electrons. The molecule has 2 N–H and O–H groups in total. The van der Waals surface area contributed by atoms with E-state index in [9.17, 15) is 9.59 Å². The summed E-state index contributed by atoms with van der Waals surface area (Å²) in [6.07, 6.45) is 0. The molecular weight excluding hydrogens is 326 g/mol. The third-order valence-corrected chi connectivity index (χ3v) is 4.21. The predicted octanol–water partition coefficient (Wildman–Crippen LogP) is 2.75. The number of hydrogen-bond acceptors (Lipinski definition) is 3. The van der Waals surface area contributed by atoms with E-state index in [4.69, 9.17) is 9.84 Å². The maximum absolute atomic E-state index is 12.2. The van der Waals surface area contributed by atoms with Crippen LogP contribution in [-0.4, -0.2) is 24.1 Å². The third-order valence-electron chi connectivity index (χ3n) is 3.75. The number of carbonyl (C=O) groups is 2. The number of rotatable bonds is 4. The van der Waals surface area contributed by atoms with Gasteiger partial charge in [-0.05, 0) is 17.5 Å². The van der Waals surface area contributed by atoms with Crippen molar-refractivity contribution in [3.8, 4) is 5.75 Å². The highest BCUT2D eigenvalue weighted by Gasteiger charge is 2.65. The zero-order valence-corrected chi connectivity index (χ0v) is 13.0. The van der Waals surface area contributed by atoms with Gasteiger partial charge in [-0.3, -0.25) is 9.59 Å². The number of methoxy groups -OCH3 is 1. The van der Waals surface area contributed by atoms with Crippen molar-refractivity contribution in [1.82, 2.24) is 0 Å². The van der Waals surface area contributed by atoms with Crippen molar-refractivity contribution >= 4 is 33.5 Å². The monoisotopic (exact) mass is 341 g/mol. The second-order valence-electron chi connectivity index (χ2n) is 5.48. The molecule has 0 heterocycles. The van der Waals surface area contributed by atoms with Gasteiger partial charge in [-0.2, -0.15) is 0 Å². The predicted molar refractivity (Wildman–Crippen MR) is 77.7 cm³/mol. The van der Waals surface area contributed by atoms with Crippen LogP contribution in [-0.2, 0) is 9.59 Å². The molecule has 1 aromatic rings. The van der Waals surface area contributed by atoms with Gasteiger partial charge in [0.15, 0.2) is 0 Å². The number of carbonyl (C=O) groups excluding carboxylic acids is 1. The van der Waals surface area contributed by atoms with Crippen molar-refractivity contribution in [2.45, 2.75) is 13.8 Å². The number of aliphatic carboxylic acids is 1. The van der Waals surface area contributed by atoms with Gasteiger partial charge in [0.1, 0.15) is 5.75 Å². The fraction of sp³-hybridized carbons (Fsp3) is 0.429. The summed E-state index contributed by atoms with van der Waals surface area (Å²) in [6, 6.07) is 5.20. The normalized spacial score (nSPS) is 23.0. The molecule has 1 fully saturated rings. The molecule has 1 aliphatic carbocycles. The minimum absolute atomic E-state index is 0.275. The zero-order chi connectivity index (χ0) is 15.1. The van der Waals surface area contributed by atoms with Crippen molar-refractivity contribution in [3.63, 3.8) is 0 Å². The number of amides is 1. The van der Waals surface area contributed by atoms with Gasteiger partial charge in [0, 0.05) is 16.2 Å². The second-order valence-corrected chi connectivity index (χ2v) is 6.40. The molecule has 6 heteroatoms. The Balaban J connectivity index is 2.13. The first-order chi connectivity index (χ1) is 9.27. The van der Waals surface area contributed by atoms with Crippen molar-refractivity contribution in [1.29, 1.82) is 0 Å². The topological polar surface area (TPSA) is 75.6 Å². The summed E-state index contributed by atoms with van der Waals surface area (Å²) in [7, 11) is 1.54. The number of nitrogens with one attached hydrogen (secondary N) is 1. The first-order valence-corrected chi connectivity index (χ1v) is 6.95. The lowest BCUT2D eigenvalue weighted by Gasteiger charge is -2.08. The average molecular weight is 342 g/mol. The van der Waals surface area contributed by atoms with Gasteiger partial charge in [0.25, 0.3) is 0 Å². The molecule has 2 unspecified atom stereocenters. The molecule has 5 nitrogen and oxygen atoms in total. The van der Waals surface area contributed by atoms with Crippen LogP contribution in [0.2, 0.25) is 0 Å². The van der Waals surface area contributed by atoms with Crippen LogP contribution in [0.25, 0.3) is 0 Å². The fourth-order valence-electron chi connectivity index (χ4n) is 2.56. The highest BCUT2D eigenvalue weighted by atomic mass is 79.9. The Hall–Kier alpha value is -1.56. The molecule has 1 aliphatic rings. The van der Waals surface area contributed by atoms with Gasteiger partial charge < -0.3 is 15.2 Å². The van der Waals surface area contributed by atoms with Gasteiger partial charge in [-0.15, -0.1) is 0 Å². The van der Waals surface area contributed by atoms with E-state index in [0.29, 0.717) is 11.4 Å². The van der Waals surface area contributed by atoms with E-state index in [2.05, 4.69) is 21.2 Å².